The molecule has 1 unspecified atom stereocenters. The maximum absolute atomic E-state index is 13.1. The number of nitrogens with two attached hydrogens (primary N) is 1. The zero-order valence-corrected chi connectivity index (χ0v) is 22.1. The van der Waals surface area contributed by atoms with Crippen LogP contribution in [0.3, 0.4) is 0 Å². The van der Waals surface area contributed by atoms with Gasteiger partial charge in [-0.05, 0) is 66.6 Å². The molecule has 0 bridgehead atoms. The first-order chi connectivity index (χ1) is 18.5. The van der Waals surface area contributed by atoms with Crippen molar-refractivity contribution in [2.75, 3.05) is 45.6 Å². The Kier molecular flexibility index (Phi) is 6.64. The molecule has 0 saturated carbocycles. The molecule has 4 heterocycles. The molecule has 2 aliphatic heterocycles. The van der Waals surface area contributed by atoms with Gasteiger partial charge in [-0.3, -0.25) is 4.79 Å². The predicted molar refractivity (Wildman–Crippen MR) is 151 cm³/mol. The molecule has 6 rings (SSSR count). The summed E-state index contributed by atoms with van der Waals surface area (Å²) in [7, 11) is 2.04. The molecule has 196 valence electrons. The predicted octanol–water partition coefficient (Wildman–Crippen LogP) is 4.60. The Morgan fingerprint density at radius 3 is 2.37 bits per heavy atom. The fourth-order valence-electron chi connectivity index (χ4n) is 5.91. The van der Waals surface area contributed by atoms with Crippen molar-refractivity contribution >= 4 is 17.2 Å². The van der Waals surface area contributed by atoms with Gasteiger partial charge in [-0.2, -0.15) is 5.10 Å². The maximum Gasteiger partial charge on any atom is 0.253 e. The number of carbonyl (C=O) groups is 1. The van der Waals surface area contributed by atoms with E-state index in [-0.39, 0.29) is 12.0 Å². The quantitative estimate of drug-likeness (QED) is 0.435. The molecule has 2 N–H and O–H groups in total. The number of hydrogen-bond donors (Lipinski definition) is 1. The number of benzene rings is 2. The summed E-state index contributed by atoms with van der Waals surface area (Å²) >= 11 is 0. The fraction of sp³-hybridized carbons (Fsp3) is 0.355. The lowest BCUT2D eigenvalue weighted by molar-refractivity contribution is -0.149. The van der Waals surface area contributed by atoms with E-state index in [2.05, 4.69) is 71.5 Å². The molecule has 2 fully saturated rings. The molecule has 4 aromatic rings. The van der Waals surface area contributed by atoms with E-state index in [1.54, 1.807) is 0 Å². The van der Waals surface area contributed by atoms with Crippen LogP contribution >= 0.6 is 0 Å². The second-order valence-corrected chi connectivity index (χ2v) is 10.6. The van der Waals surface area contributed by atoms with Gasteiger partial charge in [-0.25, -0.2) is 4.52 Å². The third kappa shape index (κ3) is 4.57. The van der Waals surface area contributed by atoms with Crippen LogP contribution in [-0.2, 0) is 9.53 Å². The number of amides is 1. The summed E-state index contributed by atoms with van der Waals surface area (Å²) in [6.07, 6.45) is 3.40. The summed E-state index contributed by atoms with van der Waals surface area (Å²) < 4.78 is 7.63. The second-order valence-electron chi connectivity index (χ2n) is 10.6. The van der Waals surface area contributed by atoms with Gasteiger partial charge in [0.25, 0.3) is 5.91 Å². The van der Waals surface area contributed by atoms with Crippen molar-refractivity contribution in [3.8, 4) is 22.3 Å². The number of piperidine rings is 1. The van der Waals surface area contributed by atoms with Gasteiger partial charge in [0, 0.05) is 31.7 Å². The number of nitrogens with zero attached hydrogens (tertiary/aromatic N) is 4. The molecule has 2 saturated heterocycles. The Labute approximate surface area is 223 Å². The van der Waals surface area contributed by atoms with E-state index in [9.17, 15) is 4.79 Å². The van der Waals surface area contributed by atoms with Crippen LogP contribution in [0, 0.1) is 6.92 Å². The molecule has 0 radical (unpaired) electrons. The lowest BCUT2D eigenvalue weighted by Gasteiger charge is -2.37. The number of ether oxygens (including phenoxy) is 1. The van der Waals surface area contributed by atoms with Gasteiger partial charge in [0.2, 0.25) is 0 Å². The Morgan fingerprint density at radius 1 is 0.974 bits per heavy atom. The van der Waals surface area contributed by atoms with Gasteiger partial charge in [0.15, 0.2) is 0 Å². The van der Waals surface area contributed by atoms with Crippen LogP contribution in [0.2, 0.25) is 0 Å². The minimum absolute atomic E-state index is 0.124. The summed E-state index contributed by atoms with van der Waals surface area (Å²) in [6, 6.07) is 21.3. The molecular weight excluding hydrogens is 474 g/mol. The molecule has 1 amide bonds. The molecule has 0 spiro atoms. The zero-order valence-electron chi connectivity index (χ0n) is 22.1. The Bertz CT molecular complexity index is 1440. The number of rotatable bonds is 4. The van der Waals surface area contributed by atoms with Gasteiger partial charge in [0.05, 0.1) is 18.3 Å². The van der Waals surface area contributed by atoms with E-state index >= 15 is 0 Å². The van der Waals surface area contributed by atoms with Crippen LogP contribution < -0.4 is 5.73 Å². The summed E-state index contributed by atoms with van der Waals surface area (Å²) in [5.74, 6) is 1.16. The summed E-state index contributed by atoms with van der Waals surface area (Å²) in [6.45, 7) is 5.73. The second kappa shape index (κ2) is 10.2. The molecular formula is C31H35N5O2. The Balaban J connectivity index is 1.23. The number of nitrogen functional groups attached to an aromatic ring is 1. The van der Waals surface area contributed by atoms with Gasteiger partial charge in [-0.1, -0.05) is 54.6 Å². The molecule has 2 aliphatic rings. The van der Waals surface area contributed by atoms with Crippen LogP contribution in [-0.4, -0.2) is 71.3 Å². The van der Waals surface area contributed by atoms with Crippen molar-refractivity contribution in [3.05, 3.63) is 78.0 Å². The summed E-state index contributed by atoms with van der Waals surface area (Å²) in [4.78, 5) is 17.2. The number of carbonyl (C=O) groups excluding carboxylic acids is 1. The van der Waals surface area contributed by atoms with Crippen molar-refractivity contribution in [1.82, 2.24) is 19.4 Å². The molecule has 7 heteroatoms. The van der Waals surface area contributed by atoms with Gasteiger partial charge in [-0.15, -0.1) is 0 Å². The number of likely N-dealkylation sites (N-methyl/N-ethyl adjacent to an activating group) is 1. The first-order valence-corrected chi connectivity index (χ1v) is 13.5. The number of morpholine rings is 1. The van der Waals surface area contributed by atoms with Crippen molar-refractivity contribution in [2.24, 2.45) is 0 Å². The minimum Gasteiger partial charge on any atom is -0.383 e. The molecule has 0 aliphatic carbocycles. The minimum atomic E-state index is -0.346. The van der Waals surface area contributed by atoms with E-state index in [4.69, 9.17) is 10.5 Å². The largest absolute Gasteiger partial charge is 0.383 e. The highest BCUT2D eigenvalue weighted by Gasteiger charge is 2.32. The van der Waals surface area contributed by atoms with Crippen LogP contribution in [0.5, 0.6) is 0 Å². The van der Waals surface area contributed by atoms with Crippen LogP contribution in [0.1, 0.15) is 29.9 Å². The van der Waals surface area contributed by atoms with Gasteiger partial charge >= 0.3 is 0 Å². The van der Waals surface area contributed by atoms with E-state index in [1.807, 2.05) is 28.7 Å². The lowest BCUT2D eigenvalue weighted by atomic mass is 9.86. The van der Waals surface area contributed by atoms with Crippen LogP contribution in [0.4, 0.5) is 5.82 Å². The Morgan fingerprint density at radius 2 is 1.66 bits per heavy atom. The number of fused-ring (bicyclic) bond motifs is 1. The third-order valence-corrected chi connectivity index (χ3v) is 8.24. The molecule has 1 atom stereocenters. The highest BCUT2D eigenvalue weighted by atomic mass is 16.5. The number of hydrogen-bond acceptors (Lipinski definition) is 5. The Hall–Kier alpha value is -3.68. The van der Waals surface area contributed by atoms with Crippen molar-refractivity contribution < 1.29 is 9.53 Å². The number of aromatic nitrogens is 2. The highest BCUT2D eigenvalue weighted by molar-refractivity contribution is 5.83. The number of likely N-dealkylation sites (tertiary alicyclic amines) is 1. The van der Waals surface area contributed by atoms with Gasteiger partial charge in [0.1, 0.15) is 11.9 Å². The third-order valence-electron chi connectivity index (χ3n) is 8.24. The summed E-state index contributed by atoms with van der Waals surface area (Å²) in [5, 5.41) is 4.64. The molecule has 38 heavy (non-hydrogen) atoms. The zero-order chi connectivity index (χ0) is 26.2. The van der Waals surface area contributed by atoms with E-state index < -0.39 is 0 Å². The highest BCUT2D eigenvalue weighted by Crippen LogP contribution is 2.36. The number of pyridine rings is 1. The van der Waals surface area contributed by atoms with Gasteiger partial charge < -0.3 is 20.3 Å². The average Bonchev–Trinajstić information content (AvgIpc) is 3.39. The molecule has 2 aromatic carbocycles. The van der Waals surface area contributed by atoms with Crippen molar-refractivity contribution in [2.45, 2.75) is 31.8 Å². The SMILES string of the molecule is Cc1c(C2CCN(C(=O)C3CN(C)CCO3)CC2)cc2c(-c3ccc(-c4ccccc4)cc3)cnn2c1N. The van der Waals surface area contributed by atoms with E-state index in [1.165, 1.54) is 16.7 Å². The molecule has 2 aromatic heterocycles. The lowest BCUT2D eigenvalue weighted by Crippen LogP contribution is -2.51. The normalized spacial score (nSPS) is 19.2. The van der Waals surface area contributed by atoms with Crippen LogP contribution in [0.25, 0.3) is 27.8 Å². The molecule has 7 nitrogen and oxygen atoms in total. The maximum atomic E-state index is 13.1. The fourth-order valence-corrected chi connectivity index (χ4v) is 5.91. The van der Waals surface area contributed by atoms with E-state index in [0.717, 1.165) is 54.7 Å². The monoisotopic (exact) mass is 509 g/mol. The smallest absolute Gasteiger partial charge is 0.253 e. The van der Waals surface area contributed by atoms with Crippen molar-refractivity contribution in [3.63, 3.8) is 0 Å². The first-order valence-electron chi connectivity index (χ1n) is 13.5. The topological polar surface area (TPSA) is 76.1 Å². The van der Waals surface area contributed by atoms with Crippen LogP contribution in [0.15, 0.2) is 66.9 Å². The first kappa shape index (κ1) is 24.6. The van der Waals surface area contributed by atoms with E-state index in [0.29, 0.717) is 24.9 Å². The summed E-state index contributed by atoms with van der Waals surface area (Å²) in [5.41, 5.74) is 14.6. The average molecular weight is 510 g/mol. The van der Waals surface area contributed by atoms with Crippen molar-refractivity contribution in [1.29, 1.82) is 0 Å². The number of anilines is 1. The standard InChI is InChI=1S/C31H35N5O2/c1-21-26(25-12-14-35(15-13-25)31(37)29-20-34(2)16-17-38-29)18-28-27(19-33-36(28)30(21)32)24-10-8-23(9-11-24)22-6-4-3-5-7-22/h3-11,18-19,25,29H,12-17,20,32H2,1-2H3.